The molecule has 1 saturated heterocycles. The Hall–Kier alpha value is -3.33. The molecule has 1 unspecified atom stereocenters. The second kappa shape index (κ2) is 9.65. The summed E-state index contributed by atoms with van der Waals surface area (Å²) < 4.78 is 11.0. The molecule has 0 bridgehead atoms. The Kier molecular flexibility index (Phi) is 6.51. The molecule has 1 atom stereocenters. The lowest BCUT2D eigenvalue weighted by Gasteiger charge is -2.32. The van der Waals surface area contributed by atoms with Gasteiger partial charge in [0.1, 0.15) is 6.61 Å². The lowest BCUT2D eigenvalue weighted by Crippen LogP contribution is -2.42. The third-order valence-electron chi connectivity index (χ3n) is 4.38. The van der Waals surface area contributed by atoms with E-state index >= 15 is 0 Å². The number of nitrogens with zero attached hydrogens (tertiary/aromatic N) is 7. The van der Waals surface area contributed by atoms with Crippen LogP contribution in [0.5, 0.6) is 5.19 Å². The number of ether oxygens (including phenoxy) is 2. The average molecular weight is 458 g/mol. The minimum Gasteiger partial charge on any atom is -0.462 e. The van der Waals surface area contributed by atoms with Gasteiger partial charge in [-0.25, -0.2) is 4.98 Å². The normalized spacial score (nSPS) is 15.9. The van der Waals surface area contributed by atoms with Crippen LogP contribution in [0.4, 0.5) is 16.6 Å². The maximum Gasteiger partial charge on any atom is 0.296 e. The molecule has 4 rings (SSSR count). The number of nitriles is 1. The van der Waals surface area contributed by atoms with Gasteiger partial charge in [-0.15, -0.1) is 5.10 Å². The standard InChI is InChI=1S/C19H16ClN7O3S/c20-13-3-4-14(23-9-13)11-30-19-25-24-18(31-19)27(12-28)16-2-1-5-22-17(16)26-6-7-29-15(8-21)10-26/h1-5,9,12,15H,6-7,10-11H2. The molecule has 3 aromatic heterocycles. The van der Waals surface area contributed by atoms with E-state index in [0.717, 1.165) is 11.3 Å². The predicted molar refractivity (Wildman–Crippen MR) is 113 cm³/mol. The molecule has 12 heteroatoms. The van der Waals surface area contributed by atoms with E-state index in [2.05, 4.69) is 26.2 Å². The van der Waals surface area contributed by atoms with Crippen LogP contribution in [0.15, 0.2) is 36.7 Å². The molecule has 0 radical (unpaired) electrons. The van der Waals surface area contributed by atoms with Crippen LogP contribution in [0.2, 0.25) is 5.02 Å². The second-order valence-electron chi connectivity index (χ2n) is 6.36. The number of rotatable bonds is 7. The van der Waals surface area contributed by atoms with E-state index in [0.29, 0.717) is 58.7 Å². The van der Waals surface area contributed by atoms with Crippen molar-refractivity contribution in [3.8, 4) is 11.3 Å². The van der Waals surface area contributed by atoms with E-state index in [9.17, 15) is 10.1 Å². The first-order chi connectivity index (χ1) is 15.2. The fraction of sp³-hybridized carbons (Fsp3) is 0.263. The Morgan fingerprint density at radius 3 is 3.06 bits per heavy atom. The summed E-state index contributed by atoms with van der Waals surface area (Å²) in [5.41, 5.74) is 1.21. The van der Waals surface area contributed by atoms with Gasteiger partial charge in [-0.2, -0.15) is 5.26 Å². The number of carbonyl (C=O) groups is 1. The van der Waals surface area contributed by atoms with Crippen LogP contribution in [0.3, 0.4) is 0 Å². The number of morpholine rings is 1. The molecule has 1 aliphatic rings. The predicted octanol–water partition coefficient (Wildman–Crippen LogP) is 2.58. The van der Waals surface area contributed by atoms with Crippen molar-refractivity contribution in [1.29, 1.82) is 5.26 Å². The molecule has 1 amide bonds. The monoisotopic (exact) mass is 457 g/mol. The quantitative estimate of drug-likeness (QED) is 0.493. The Bertz CT molecular complexity index is 1090. The fourth-order valence-electron chi connectivity index (χ4n) is 2.93. The van der Waals surface area contributed by atoms with Crippen molar-refractivity contribution in [3.63, 3.8) is 0 Å². The van der Waals surface area contributed by atoms with Gasteiger partial charge in [-0.3, -0.25) is 14.7 Å². The van der Waals surface area contributed by atoms with Crippen LogP contribution in [-0.4, -0.2) is 52.4 Å². The lowest BCUT2D eigenvalue weighted by atomic mass is 10.2. The zero-order valence-corrected chi connectivity index (χ0v) is 17.7. The van der Waals surface area contributed by atoms with Gasteiger partial charge in [0, 0.05) is 18.9 Å². The molecule has 0 aliphatic carbocycles. The van der Waals surface area contributed by atoms with Crippen LogP contribution < -0.4 is 14.5 Å². The number of amides is 1. The van der Waals surface area contributed by atoms with Crippen LogP contribution in [0, 0.1) is 11.3 Å². The molecule has 1 fully saturated rings. The number of pyridine rings is 2. The second-order valence-corrected chi connectivity index (χ2v) is 7.72. The Balaban J connectivity index is 1.53. The van der Waals surface area contributed by atoms with Gasteiger partial charge < -0.3 is 14.4 Å². The van der Waals surface area contributed by atoms with E-state index in [1.54, 1.807) is 30.5 Å². The molecule has 0 spiro atoms. The zero-order chi connectivity index (χ0) is 21.6. The van der Waals surface area contributed by atoms with Crippen molar-refractivity contribution in [3.05, 3.63) is 47.4 Å². The summed E-state index contributed by atoms with van der Waals surface area (Å²) in [6.45, 7) is 1.48. The molecule has 4 heterocycles. The fourth-order valence-corrected chi connectivity index (χ4v) is 3.72. The van der Waals surface area contributed by atoms with E-state index < -0.39 is 6.10 Å². The van der Waals surface area contributed by atoms with Gasteiger partial charge in [0.2, 0.25) is 11.5 Å². The first kappa shape index (κ1) is 20.9. The van der Waals surface area contributed by atoms with Gasteiger partial charge in [0.05, 0.1) is 35.6 Å². The first-order valence-electron chi connectivity index (χ1n) is 9.20. The largest absolute Gasteiger partial charge is 0.462 e. The number of anilines is 3. The number of carbonyl (C=O) groups excluding carboxylic acids is 1. The Labute approximate surface area is 186 Å². The Morgan fingerprint density at radius 2 is 2.29 bits per heavy atom. The van der Waals surface area contributed by atoms with E-state index in [1.807, 2.05) is 4.90 Å². The van der Waals surface area contributed by atoms with Crippen molar-refractivity contribution in [2.24, 2.45) is 0 Å². The SMILES string of the molecule is N#CC1CN(c2ncccc2N(C=O)c2nnc(OCc3ccc(Cl)cn3)s2)CCO1. The molecule has 31 heavy (non-hydrogen) atoms. The molecule has 158 valence electrons. The molecule has 0 N–H and O–H groups in total. The lowest BCUT2D eigenvalue weighted by molar-refractivity contribution is -0.106. The van der Waals surface area contributed by atoms with E-state index in [-0.39, 0.29) is 6.61 Å². The molecule has 3 aromatic rings. The van der Waals surface area contributed by atoms with Crippen LogP contribution >= 0.6 is 22.9 Å². The summed E-state index contributed by atoms with van der Waals surface area (Å²) in [6.07, 6.45) is 3.25. The van der Waals surface area contributed by atoms with Crippen molar-refractivity contribution in [2.45, 2.75) is 12.7 Å². The van der Waals surface area contributed by atoms with Crippen LogP contribution in [0.1, 0.15) is 5.69 Å². The highest BCUT2D eigenvalue weighted by Gasteiger charge is 2.26. The third kappa shape index (κ3) is 4.88. The highest BCUT2D eigenvalue weighted by molar-refractivity contribution is 7.17. The highest BCUT2D eigenvalue weighted by Crippen LogP contribution is 2.35. The molecule has 10 nitrogen and oxygen atoms in total. The first-order valence-corrected chi connectivity index (χ1v) is 10.4. The molecule has 1 aliphatic heterocycles. The topological polar surface area (TPSA) is 117 Å². The number of halogens is 1. The van der Waals surface area contributed by atoms with Crippen LogP contribution in [0.25, 0.3) is 0 Å². The van der Waals surface area contributed by atoms with Crippen molar-refractivity contribution >= 4 is 46.0 Å². The molecular formula is C19H16ClN7O3S. The average Bonchev–Trinajstić information content (AvgIpc) is 3.28. The molecular weight excluding hydrogens is 442 g/mol. The molecule has 0 aromatic carbocycles. The van der Waals surface area contributed by atoms with Crippen LogP contribution in [-0.2, 0) is 16.1 Å². The van der Waals surface area contributed by atoms with Gasteiger partial charge in [-0.05, 0) is 35.6 Å². The Morgan fingerprint density at radius 1 is 1.39 bits per heavy atom. The smallest absolute Gasteiger partial charge is 0.296 e. The number of aromatic nitrogens is 4. The highest BCUT2D eigenvalue weighted by atomic mass is 35.5. The third-order valence-corrected chi connectivity index (χ3v) is 5.43. The minimum absolute atomic E-state index is 0.189. The summed E-state index contributed by atoms with van der Waals surface area (Å²) in [5.74, 6) is 0.557. The summed E-state index contributed by atoms with van der Waals surface area (Å²) in [6, 6.07) is 9.06. The summed E-state index contributed by atoms with van der Waals surface area (Å²) in [7, 11) is 0. The minimum atomic E-state index is -0.559. The van der Waals surface area contributed by atoms with Crippen molar-refractivity contribution < 1.29 is 14.3 Å². The van der Waals surface area contributed by atoms with E-state index in [4.69, 9.17) is 21.1 Å². The maximum absolute atomic E-state index is 12.0. The summed E-state index contributed by atoms with van der Waals surface area (Å²) >= 11 is 6.95. The van der Waals surface area contributed by atoms with Gasteiger partial charge in [0.25, 0.3) is 5.19 Å². The van der Waals surface area contributed by atoms with Gasteiger partial charge in [0.15, 0.2) is 11.9 Å². The number of hydrogen-bond donors (Lipinski definition) is 0. The van der Waals surface area contributed by atoms with Gasteiger partial charge in [-0.1, -0.05) is 16.7 Å². The van der Waals surface area contributed by atoms with Crippen molar-refractivity contribution in [1.82, 2.24) is 20.2 Å². The maximum atomic E-state index is 12.0. The van der Waals surface area contributed by atoms with Gasteiger partial charge >= 0.3 is 0 Å². The van der Waals surface area contributed by atoms with E-state index in [1.165, 1.54) is 11.1 Å². The summed E-state index contributed by atoms with van der Waals surface area (Å²) in [4.78, 5) is 23.8. The zero-order valence-electron chi connectivity index (χ0n) is 16.1. The van der Waals surface area contributed by atoms with Crippen molar-refractivity contribution in [2.75, 3.05) is 29.5 Å². The summed E-state index contributed by atoms with van der Waals surface area (Å²) in [5, 5.41) is 18.4. The number of hydrogen-bond acceptors (Lipinski definition) is 10. The molecule has 0 saturated carbocycles.